The summed E-state index contributed by atoms with van der Waals surface area (Å²) in [5, 5.41) is 0.0856. The van der Waals surface area contributed by atoms with Crippen molar-refractivity contribution < 1.29 is 8.39 Å². The average molecular weight is 233 g/mol. The molecule has 78 valence electrons. The summed E-state index contributed by atoms with van der Waals surface area (Å²) in [5.74, 6) is 0. The van der Waals surface area contributed by atoms with E-state index >= 15 is 0 Å². The zero-order valence-electron chi connectivity index (χ0n) is 8.54. The summed E-state index contributed by atoms with van der Waals surface area (Å²) in [6.07, 6.45) is 0. The molecule has 1 aromatic rings. The van der Waals surface area contributed by atoms with Crippen LogP contribution in [-0.2, 0) is 0 Å². The molecule has 0 aromatic heterocycles. The lowest BCUT2D eigenvalue weighted by molar-refractivity contribution is 0.743. The minimum absolute atomic E-state index is 0.0856. The van der Waals surface area contributed by atoms with Crippen molar-refractivity contribution in [3.63, 3.8) is 0 Å². The summed E-state index contributed by atoms with van der Waals surface area (Å²) in [6.45, 7) is 5.47. The van der Waals surface area contributed by atoms with Gasteiger partial charge in [0, 0.05) is 0 Å². The van der Waals surface area contributed by atoms with Crippen molar-refractivity contribution >= 4 is 21.2 Å². The molecule has 0 unspecified atom stereocenters. The molecule has 0 spiro atoms. The Balaban J connectivity index is 3.15. The predicted octanol–water partition coefficient (Wildman–Crippen LogP) is 4.12. The maximum Gasteiger partial charge on any atom is 0.314 e. The van der Waals surface area contributed by atoms with Crippen LogP contribution in [0.1, 0.15) is 0 Å². The SMILES string of the molecule is C[Si](C)(C)N=P(F)(F)c1ccccc1. The first-order valence-corrected chi connectivity index (χ1v) is 9.37. The fraction of sp³-hybridized carbons (Fsp3) is 0.333. The second kappa shape index (κ2) is 3.95. The largest absolute Gasteiger partial charge is 0.314 e. The van der Waals surface area contributed by atoms with E-state index in [-0.39, 0.29) is 5.30 Å². The molecule has 0 aliphatic carbocycles. The lowest BCUT2D eigenvalue weighted by Gasteiger charge is -2.13. The third-order valence-electron chi connectivity index (χ3n) is 1.49. The first-order chi connectivity index (χ1) is 6.31. The number of hydrogen-bond acceptors (Lipinski definition) is 1. The molecule has 0 aliphatic heterocycles. The van der Waals surface area contributed by atoms with Crippen LogP contribution in [0.2, 0.25) is 19.6 Å². The van der Waals surface area contributed by atoms with Crippen LogP contribution in [0.3, 0.4) is 0 Å². The highest BCUT2D eigenvalue weighted by molar-refractivity contribution is 7.65. The average Bonchev–Trinajstić information content (AvgIpc) is 2.01. The number of rotatable bonds is 2. The summed E-state index contributed by atoms with van der Waals surface area (Å²) < 4.78 is 31.0. The van der Waals surface area contributed by atoms with Gasteiger partial charge in [0.2, 0.25) is 0 Å². The Labute approximate surface area is 84.6 Å². The Bertz CT molecular complexity index is 353. The summed E-state index contributed by atoms with van der Waals surface area (Å²) in [4.78, 5) is 0. The van der Waals surface area contributed by atoms with Gasteiger partial charge in [0.25, 0.3) is 0 Å². The monoisotopic (exact) mass is 233 g/mol. The molecule has 0 heterocycles. The second-order valence-electron chi connectivity index (χ2n) is 4.09. The first-order valence-electron chi connectivity index (χ1n) is 4.40. The fourth-order valence-electron chi connectivity index (χ4n) is 1.04. The van der Waals surface area contributed by atoms with Crippen LogP contribution in [0, 0.1) is 0 Å². The van der Waals surface area contributed by atoms with Gasteiger partial charge < -0.3 is 0 Å². The molecule has 1 aromatic carbocycles. The Kier molecular flexibility index (Phi) is 3.27. The molecule has 0 amide bonds. The minimum atomic E-state index is -4.23. The van der Waals surface area contributed by atoms with Crippen molar-refractivity contribution in [1.82, 2.24) is 0 Å². The molecule has 0 N–H and O–H groups in total. The van der Waals surface area contributed by atoms with Crippen LogP contribution in [0.5, 0.6) is 0 Å². The zero-order valence-corrected chi connectivity index (χ0v) is 10.4. The number of benzene rings is 1. The Morgan fingerprint density at radius 1 is 1.07 bits per heavy atom. The molecule has 14 heavy (non-hydrogen) atoms. The van der Waals surface area contributed by atoms with Crippen molar-refractivity contribution in [3.05, 3.63) is 30.3 Å². The van der Waals surface area contributed by atoms with Crippen LogP contribution < -0.4 is 5.30 Å². The van der Waals surface area contributed by atoms with Crippen LogP contribution in [-0.4, -0.2) is 8.24 Å². The summed E-state index contributed by atoms with van der Waals surface area (Å²) in [7, 11) is -6.28. The zero-order chi connectivity index (χ0) is 10.8. The van der Waals surface area contributed by atoms with E-state index in [0.29, 0.717) is 0 Å². The normalized spacial score (nSPS) is 12.6. The van der Waals surface area contributed by atoms with Crippen LogP contribution in [0.15, 0.2) is 34.7 Å². The topological polar surface area (TPSA) is 12.4 Å². The van der Waals surface area contributed by atoms with E-state index in [1.807, 2.05) is 19.6 Å². The highest BCUT2D eigenvalue weighted by Crippen LogP contribution is 2.53. The van der Waals surface area contributed by atoms with E-state index < -0.39 is 15.9 Å². The highest BCUT2D eigenvalue weighted by atomic mass is 31.2. The van der Waals surface area contributed by atoms with Gasteiger partial charge in [-0.15, -0.1) is 0 Å². The predicted molar refractivity (Wildman–Crippen MR) is 61.0 cm³/mol. The standard InChI is InChI=1S/C9H14F2NPSi/c1-14(2,3)12-13(10,11)9-7-5-4-6-8-9/h4-8H,1-3H3. The molecule has 0 saturated carbocycles. The minimum Gasteiger partial charge on any atom is -0.282 e. The Hall–Kier alpha value is -0.473. The summed E-state index contributed by atoms with van der Waals surface area (Å²) in [5.41, 5.74) is 0. The smallest absolute Gasteiger partial charge is 0.282 e. The molecule has 0 atom stereocenters. The van der Waals surface area contributed by atoms with Crippen LogP contribution in [0.25, 0.3) is 0 Å². The molecule has 5 heteroatoms. The van der Waals surface area contributed by atoms with Crippen molar-refractivity contribution in [2.24, 2.45) is 4.41 Å². The summed E-state index contributed by atoms with van der Waals surface area (Å²) in [6, 6.07) is 7.90. The van der Waals surface area contributed by atoms with Gasteiger partial charge in [0.15, 0.2) is 8.24 Å². The van der Waals surface area contributed by atoms with Gasteiger partial charge >= 0.3 is 7.68 Å². The van der Waals surface area contributed by atoms with Crippen molar-refractivity contribution in [3.8, 4) is 0 Å². The van der Waals surface area contributed by atoms with Gasteiger partial charge in [-0.2, -0.15) is 8.39 Å². The first kappa shape index (κ1) is 11.6. The van der Waals surface area contributed by atoms with Gasteiger partial charge in [-0.3, -0.25) is 4.41 Å². The molecular weight excluding hydrogens is 219 g/mol. The lowest BCUT2D eigenvalue weighted by atomic mass is 10.4. The number of halogens is 2. The summed E-state index contributed by atoms with van der Waals surface area (Å²) >= 11 is 0. The quantitative estimate of drug-likeness (QED) is 0.538. The van der Waals surface area contributed by atoms with E-state index in [2.05, 4.69) is 4.41 Å². The molecule has 0 bridgehead atoms. The van der Waals surface area contributed by atoms with Crippen molar-refractivity contribution in [2.45, 2.75) is 19.6 Å². The molecule has 0 radical (unpaired) electrons. The van der Waals surface area contributed by atoms with Gasteiger partial charge in [0.1, 0.15) is 0 Å². The number of nitrogens with zero attached hydrogens (tertiary/aromatic N) is 1. The molecule has 1 rings (SSSR count). The number of hydrogen-bond donors (Lipinski definition) is 0. The van der Waals surface area contributed by atoms with Crippen molar-refractivity contribution in [2.75, 3.05) is 0 Å². The maximum absolute atomic E-state index is 13.6. The fourth-order valence-corrected chi connectivity index (χ4v) is 5.05. The molecule has 1 nitrogen and oxygen atoms in total. The lowest BCUT2D eigenvalue weighted by Crippen LogP contribution is -2.16. The van der Waals surface area contributed by atoms with Gasteiger partial charge in [-0.05, 0) is 31.8 Å². The molecule has 0 saturated heterocycles. The molecule has 0 aliphatic rings. The van der Waals surface area contributed by atoms with Gasteiger partial charge in [-0.25, -0.2) is 0 Å². The van der Waals surface area contributed by atoms with E-state index in [4.69, 9.17) is 0 Å². The van der Waals surface area contributed by atoms with E-state index in [1.165, 1.54) is 12.1 Å². The van der Waals surface area contributed by atoms with Crippen LogP contribution >= 0.6 is 7.68 Å². The third kappa shape index (κ3) is 3.35. The molecular formula is C9H14F2NPSi. The van der Waals surface area contributed by atoms with Gasteiger partial charge in [-0.1, -0.05) is 18.2 Å². The Morgan fingerprint density at radius 2 is 1.57 bits per heavy atom. The van der Waals surface area contributed by atoms with Crippen LogP contribution in [0.4, 0.5) is 8.39 Å². The second-order valence-corrected chi connectivity index (χ2v) is 10.7. The Morgan fingerprint density at radius 3 is 2.00 bits per heavy atom. The van der Waals surface area contributed by atoms with E-state index in [0.717, 1.165) is 0 Å². The highest BCUT2D eigenvalue weighted by Gasteiger charge is 2.25. The third-order valence-corrected chi connectivity index (χ3v) is 5.82. The maximum atomic E-state index is 13.6. The molecule has 0 fully saturated rings. The van der Waals surface area contributed by atoms with E-state index in [9.17, 15) is 8.39 Å². The van der Waals surface area contributed by atoms with Crippen molar-refractivity contribution in [1.29, 1.82) is 0 Å². The van der Waals surface area contributed by atoms with E-state index in [1.54, 1.807) is 18.2 Å². The van der Waals surface area contributed by atoms with Gasteiger partial charge in [0.05, 0.1) is 5.30 Å².